The van der Waals surface area contributed by atoms with Gasteiger partial charge in [0.15, 0.2) is 0 Å². The molecule has 0 saturated carbocycles. The number of nitrogens with zero attached hydrogens (tertiary/aromatic N) is 2. The SMILES string of the molecule is COCCCNC(=O)C(C)NC(C)Cn1cccn1. The van der Waals surface area contributed by atoms with Crippen molar-refractivity contribution in [3.05, 3.63) is 18.5 Å². The lowest BCUT2D eigenvalue weighted by Gasteiger charge is -2.19. The van der Waals surface area contributed by atoms with Crippen LogP contribution in [0.25, 0.3) is 0 Å². The fraction of sp³-hybridized carbons (Fsp3) is 0.692. The molecule has 6 heteroatoms. The fourth-order valence-corrected chi connectivity index (χ4v) is 1.83. The minimum absolute atomic E-state index is 0.0171. The van der Waals surface area contributed by atoms with Crippen molar-refractivity contribution in [2.24, 2.45) is 0 Å². The van der Waals surface area contributed by atoms with Crippen LogP contribution in [0.5, 0.6) is 0 Å². The van der Waals surface area contributed by atoms with Crippen molar-refractivity contribution < 1.29 is 9.53 Å². The molecule has 2 unspecified atom stereocenters. The zero-order valence-corrected chi connectivity index (χ0v) is 11.9. The fourth-order valence-electron chi connectivity index (χ4n) is 1.83. The summed E-state index contributed by atoms with van der Waals surface area (Å²) in [6, 6.07) is 1.85. The minimum atomic E-state index is -0.215. The first-order chi connectivity index (χ1) is 9.13. The third-order valence-corrected chi connectivity index (χ3v) is 2.77. The number of aromatic nitrogens is 2. The molecule has 2 atom stereocenters. The van der Waals surface area contributed by atoms with Crippen LogP contribution in [-0.2, 0) is 16.1 Å². The number of nitrogens with one attached hydrogen (secondary N) is 2. The van der Waals surface area contributed by atoms with Crippen molar-refractivity contribution in [1.82, 2.24) is 20.4 Å². The quantitative estimate of drug-likeness (QED) is 0.636. The van der Waals surface area contributed by atoms with Crippen molar-refractivity contribution in [3.8, 4) is 0 Å². The van der Waals surface area contributed by atoms with Crippen LogP contribution >= 0.6 is 0 Å². The van der Waals surface area contributed by atoms with Crippen LogP contribution in [-0.4, -0.2) is 48.0 Å². The van der Waals surface area contributed by atoms with Gasteiger partial charge in [0, 0.05) is 38.7 Å². The Hall–Kier alpha value is -1.40. The molecule has 1 rings (SSSR count). The summed E-state index contributed by atoms with van der Waals surface area (Å²) in [4.78, 5) is 11.8. The normalized spacial score (nSPS) is 14.1. The molecule has 1 aromatic heterocycles. The summed E-state index contributed by atoms with van der Waals surface area (Å²) in [5, 5.41) is 10.3. The summed E-state index contributed by atoms with van der Waals surface area (Å²) in [6.07, 6.45) is 4.49. The summed E-state index contributed by atoms with van der Waals surface area (Å²) in [5.74, 6) is 0.0171. The maximum atomic E-state index is 11.8. The maximum Gasteiger partial charge on any atom is 0.236 e. The Morgan fingerprint density at radius 2 is 2.26 bits per heavy atom. The van der Waals surface area contributed by atoms with E-state index in [9.17, 15) is 4.79 Å². The Balaban J connectivity index is 2.21. The van der Waals surface area contributed by atoms with Crippen molar-refractivity contribution >= 4 is 5.91 Å². The molecule has 0 aliphatic carbocycles. The molecule has 0 radical (unpaired) electrons. The molecule has 108 valence electrons. The van der Waals surface area contributed by atoms with Crippen molar-refractivity contribution in [2.75, 3.05) is 20.3 Å². The third kappa shape index (κ3) is 6.35. The molecular weight excluding hydrogens is 244 g/mol. The predicted octanol–water partition coefficient (Wildman–Crippen LogP) is 0.402. The number of methoxy groups -OCH3 is 1. The van der Waals surface area contributed by atoms with Gasteiger partial charge >= 0.3 is 0 Å². The highest BCUT2D eigenvalue weighted by atomic mass is 16.5. The Labute approximate surface area is 114 Å². The van der Waals surface area contributed by atoms with E-state index in [0.29, 0.717) is 13.2 Å². The van der Waals surface area contributed by atoms with Crippen LogP contribution in [0.1, 0.15) is 20.3 Å². The van der Waals surface area contributed by atoms with Crippen LogP contribution in [0.2, 0.25) is 0 Å². The number of carbonyl (C=O) groups is 1. The zero-order chi connectivity index (χ0) is 14.1. The molecule has 0 fully saturated rings. The van der Waals surface area contributed by atoms with E-state index >= 15 is 0 Å². The summed E-state index contributed by atoms with van der Waals surface area (Å²) >= 11 is 0. The van der Waals surface area contributed by atoms with E-state index in [4.69, 9.17) is 4.74 Å². The molecule has 0 aliphatic heterocycles. The second-order valence-corrected chi connectivity index (χ2v) is 4.65. The molecule has 1 amide bonds. The zero-order valence-electron chi connectivity index (χ0n) is 11.9. The van der Waals surface area contributed by atoms with Crippen LogP contribution < -0.4 is 10.6 Å². The number of hydrogen-bond donors (Lipinski definition) is 2. The first kappa shape index (κ1) is 15.7. The maximum absolute atomic E-state index is 11.8. The topological polar surface area (TPSA) is 68.2 Å². The summed E-state index contributed by atoms with van der Waals surface area (Å²) in [6.45, 7) is 5.96. The van der Waals surface area contributed by atoms with Crippen molar-refractivity contribution in [2.45, 2.75) is 38.9 Å². The molecule has 1 heterocycles. The number of hydrogen-bond acceptors (Lipinski definition) is 4. The van der Waals surface area contributed by atoms with Gasteiger partial charge in [-0.15, -0.1) is 0 Å². The summed E-state index contributed by atoms with van der Waals surface area (Å²) < 4.78 is 6.78. The third-order valence-electron chi connectivity index (χ3n) is 2.77. The Morgan fingerprint density at radius 3 is 2.89 bits per heavy atom. The molecule has 1 aromatic rings. The lowest BCUT2D eigenvalue weighted by Crippen LogP contribution is -2.47. The molecule has 0 aliphatic rings. The highest BCUT2D eigenvalue weighted by Crippen LogP contribution is 1.93. The predicted molar refractivity (Wildman–Crippen MR) is 73.8 cm³/mol. The highest BCUT2D eigenvalue weighted by molar-refractivity contribution is 5.81. The van der Waals surface area contributed by atoms with Gasteiger partial charge in [0.25, 0.3) is 0 Å². The largest absolute Gasteiger partial charge is 0.385 e. The molecule has 0 bridgehead atoms. The monoisotopic (exact) mass is 268 g/mol. The second-order valence-electron chi connectivity index (χ2n) is 4.65. The molecule has 0 aromatic carbocycles. The van der Waals surface area contributed by atoms with Gasteiger partial charge in [-0.2, -0.15) is 5.10 Å². The second kappa shape index (κ2) is 8.66. The summed E-state index contributed by atoms with van der Waals surface area (Å²) in [5.41, 5.74) is 0. The smallest absolute Gasteiger partial charge is 0.236 e. The average Bonchev–Trinajstić information content (AvgIpc) is 2.86. The van der Waals surface area contributed by atoms with Crippen LogP contribution in [0.3, 0.4) is 0 Å². The van der Waals surface area contributed by atoms with E-state index < -0.39 is 0 Å². The molecule has 0 saturated heterocycles. The first-order valence-corrected chi connectivity index (χ1v) is 6.63. The van der Waals surface area contributed by atoms with E-state index in [2.05, 4.69) is 15.7 Å². The van der Waals surface area contributed by atoms with E-state index in [1.807, 2.05) is 30.8 Å². The summed E-state index contributed by atoms with van der Waals surface area (Å²) in [7, 11) is 1.66. The highest BCUT2D eigenvalue weighted by Gasteiger charge is 2.14. The molecule has 6 nitrogen and oxygen atoms in total. The van der Waals surface area contributed by atoms with E-state index in [0.717, 1.165) is 13.0 Å². The van der Waals surface area contributed by atoms with Crippen LogP contribution in [0, 0.1) is 0 Å². The average molecular weight is 268 g/mol. The van der Waals surface area contributed by atoms with E-state index in [1.54, 1.807) is 13.3 Å². The van der Waals surface area contributed by atoms with Gasteiger partial charge < -0.3 is 15.4 Å². The van der Waals surface area contributed by atoms with Gasteiger partial charge in [0.2, 0.25) is 5.91 Å². The van der Waals surface area contributed by atoms with Gasteiger partial charge in [-0.25, -0.2) is 0 Å². The van der Waals surface area contributed by atoms with Crippen LogP contribution in [0.4, 0.5) is 0 Å². The van der Waals surface area contributed by atoms with Crippen LogP contribution in [0.15, 0.2) is 18.5 Å². The van der Waals surface area contributed by atoms with Gasteiger partial charge in [-0.05, 0) is 26.3 Å². The van der Waals surface area contributed by atoms with Gasteiger partial charge in [0.05, 0.1) is 12.6 Å². The molecule has 2 N–H and O–H groups in total. The Bertz CT molecular complexity index is 354. The number of rotatable bonds is 9. The lowest BCUT2D eigenvalue weighted by molar-refractivity contribution is -0.123. The molecule has 0 spiro atoms. The van der Waals surface area contributed by atoms with Gasteiger partial charge in [0.1, 0.15) is 0 Å². The van der Waals surface area contributed by atoms with Gasteiger partial charge in [-0.1, -0.05) is 0 Å². The van der Waals surface area contributed by atoms with Crippen molar-refractivity contribution in [3.63, 3.8) is 0 Å². The first-order valence-electron chi connectivity index (χ1n) is 6.63. The standard InChI is InChI=1S/C13H24N4O2/c1-11(10-17-8-4-7-15-17)16-12(2)13(18)14-6-5-9-19-3/h4,7-8,11-12,16H,5-6,9-10H2,1-3H3,(H,14,18). The van der Waals surface area contributed by atoms with Gasteiger partial charge in [-0.3, -0.25) is 9.48 Å². The minimum Gasteiger partial charge on any atom is -0.385 e. The molecular formula is C13H24N4O2. The van der Waals surface area contributed by atoms with Crippen molar-refractivity contribution in [1.29, 1.82) is 0 Å². The lowest BCUT2D eigenvalue weighted by atomic mass is 10.2. The van der Waals surface area contributed by atoms with E-state index in [1.165, 1.54) is 0 Å². The van der Waals surface area contributed by atoms with E-state index in [-0.39, 0.29) is 18.0 Å². The number of carbonyl (C=O) groups excluding carboxylic acids is 1. The number of amides is 1. The Morgan fingerprint density at radius 1 is 1.47 bits per heavy atom. The molecule has 19 heavy (non-hydrogen) atoms. The Kier molecular flexibility index (Phi) is 7.14. The number of ether oxygens (including phenoxy) is 1.